The van der Waals surface area contributed by atoms with Crippen molar-refractivity contribution in [3.05, 3.63) is 0 Å². The van der Waals surface area contributed by atoms with Crippen LogP contribution in [0.5, 0.6) is 0 Å². The summed E-state index contributed by atoms with van der Waals surface area (Å²) in [7, 11) is -0.957. The summed E-state index contributed by atoms with van der Waals surface area (Å²) < 4.78 is 11.4. The highest BCUT2D eigenvalue weighted by atomic mass is 28.3. The van der Waals surface area contributed by atoms with Crippen molar-refractivity contribution in [2.75, 3.05) is 13.2 Å². The van der Waals surface area contributed by atoms with Gasteiger partial charge >= 0.3 is 0 Å². The molecule has 15 heavy (non-hydrogen) atoms. The maximum Gasteiger partial charge on any atom is 0.0979 e. The summed E-state index contributed by atoms with van der Waals surface area (Å²) in [5.74, 6) is 0.410. The van der Waals surface area contributed by atoms with Crippen molar-refractivity contribution in [1.82, 2.24) is 5.32 Å². The van der Waals surface area contributed by atoms with Crippen LogP contribution in [0.4, 0.5) is 0 Å². The van der Waals surface area contributed by atoms with E-state index in [-0.39, 0.29) is 11.7 Å². The van der Waals surface area contributed by atoms with Gasteiger partial charge in [-0.2, -0.15) is 0 Å². The zero-order valence-corrected chi connectivity index (χ0v) is 12.9. The van der Waals surface area contributed by atoms with Crippen molar-refractivity contribution in [2.24, 2.45) is 0 Å². The largest absolute Gasteiger partial charge is 0.367 e. The minimum atomic E-state index is -0.479. The number of ether oxygens (including phenoxy) is 2. The molecule has 0 aromatic rings. The number of rotatable bonds is 8. The average molecular weight is 247 g/mol. The first-order valence-electron chi connectivity index (χ1n) is 5.62. The molecule has 0 heterocycles. The van der Waals surface area contributed by atoms with Crippen LogP contribution in [0.3, 0.4) is 0 Å². The standard InChI is InChI=1S/C10H25NO2Si2/c1-7-12-9(14(3)4)11-10(13-8-2)15(5)6/h9-11H,7-8H2,1-6H3. The van der Waals surface area contributed by atoms with Gasteiger partial charge in [-0.05, 0) is 13.8 Å². The molecule has 0 aliphatic rings. The van der Waals surface area contributed by atoms with E-state index in [1.165, 1.54) is 0 Å². The first kappa shape index (κ1) is 15.3. The van der Waals surface area contributed by atoms with Gasteiger partial charge in [0.1, 0.15) is 0 Å². The second-order valence-corrected chi connectivity index (χ2v) is 9.35. The molecule has 2 radical (unpaired) electrons. The highest BCUT2D eigenvalue weighted by molar-refractivity contribution is 6.58. The molecular formula is C10H25NO2Si2. The maximum absolute atomic E-state index is 5.70. The van der Waals surface area contributed by atoms with Crippen LogP contribution in [-0.2, 0) is 9.47 Å². The van der Waals surface area contributed by atoms with Crippen molar-refractivity contribution >= 4 is 17.6 Å². The van der Waals surface area contributed by atoms with E-state index in [2.05, 4.69) is 31.5 Å². The number of nitrogens with one attached hydrogen (secondary N) is 1. The Kier molecular flexibility index (Phi) is 8.64. The Morgan fingerprint density at radius 3 is 1.40 bits per heavy atom. The maximum atomic E-state index is 5.70. The topological polar surface area (TPSA) is 30.5 Å². The van der Waals surface area contributed by atoms with Crippen LogP contribution in [0.15, 0.2) is 0 Å². The highest BCUT2D eigenvalue weighted by Crippen LogP contribution is 2.01. The molecule has 2 atom stereocenters. The summed E-state index contributed by atoms with van der Waals surface area (Å²) in [6.45, 7) is 14.7. The summed E-state index contributed by atoms with van der Waals surface area (Å²) in [5, 5.41) is 3.50. The molecule has 0 fully saturated rings. The summed E-state index contributed by atoms with van der Waals surface area (Å²) in [5.41, 5.74) is 0. The van der Waals surface area contributed by atoms with Crippen LogP contribution < -0.4 is 5.32 Å². The molecule has 90 valence electrons. The van der Waals surface area contributed by atoms with Crippen molar-refractivity contribution in [3.8, 4) is 0 Å². The quantitative estimate of drug-likeness (QED) is 0.525. The smallest absolute Gasteiger partial charge is 0.0979 e. The van der Waals surface area contributed by atoms with Gasteiger partial charge in [0.25, 0.3) is 0 Å². The third-order valence-corrected chi connectivity index (χ3v) is 4.78. The van der Waals surface area contributed by atoms with Gasteiger partial charge in [0, 0.05) is 13.2 Å². The van der Waals surface area contributed by atoms with Gasteiger partial charge in [-0.25, -0.2) is 0 Å². The lowest BCUT2D eigenvalue weighted by Gasteiger charge is -2.29. The molecule has 0 aliphatic carbocycles. The van der Waals surface area contributed by atoms with Crippen LogP contribution in [0.2, 0.25) is 26.2 Å². The Morgan fingerprint density at radius 2 is 1.20 bits per heavy atom. The van der Waals surface area contributed by atoms with E-state index < -0.39 is 17.6 Å². The van der Waals surface area contributed by atoms with Crippen molar-refractivity contribution < 1.29 is 9.47 Å². The van der Waals surface area contributed by atoms with E-state index in [4.69, 9.17) is 9.47 Å². The van der Waals surface area contributed by atoms with Crippen LogP contribution >= 0.6 is 0 Å². The number of hydrogen-bond donors (Lipinski definition) is 1. The van der Waals surface area contributed by atoms with Crippen LogP contribution in [0, 0.1) is 0 Å². The van der Waals surface area contributed by atoms with Gasteiger partial charge in [0.2, 0.25) is 0 Å². The molecular weight excluding hydrogens is 222 g/mol. The fraction of sp³-hybridized carbons (Fsp3) is 1.00. The molecule has 3 nitrogen and oxygen atoms in total. The molecule has 0 spiro atoms. The summed E-state index contributed by atoms with van der Waals surface area (Å²) in [4.78, 5) is 0. The lowest BCUT2D eigenvalue weighted by Crippen LogP contribution is -2.53. The highest BCUT2D eigenvalue weighted by Gasteiger charge is 2.22. The van der Waals surface area contributed by atoms with E-state index in [0.717, 1.165) is 13.2 Å². The molecule has 2 unspecified atom stereocenters. The van der Waals surface area contributed by atoms with Crippen LogP contribution in [0.25, 0.3) is 0 Å². The normalized spacial score (nSPS) is 16.0. The molecule has 1 N–H and O–H groups in total. The van der Waals surface area contributed by atoms with Crippen molar-refractivity contribution in [3.63, 3.8) is 0 Å². The van der Waals surface area contributed by atoms with E-state index in [0.29, 0.717) is 0 Å². The van der Waals surface area contributed by atoms with Gasteiger partial charge < -0.3 is 9.47 Å². The minimum Gasteiger partial charge on any atom is -0.367 e. The second-order valence-electron chi connectivity index (χ2n) is 3.99. The summed E-state index contributed by atoms with van der Waals surface area (Å²) in [6, 6.07) is 0. The molecule has 0 bridgehead atoms. The van der Waals surface area contributed by atoms with Gasteiger partial charge in [0.15, 0.2) is 0 Å². The minimum absolute atomic E-state index is 0.205. The second kappa shape index (κ2) is 8.46. The Bertz CT molecular complexity index is 140. The van der Waals surface area contributed by atoms with Crippen molar-refractivity contribution in [2.45, 2.75) is 51.7 Å². The van der Waals surface area contributed by atoms with Gasteiger partial charge in [0.05, 0.1) is 29.3 Å². The Balaban J connectivity index is 4.19. The Labute approximate surface area is 97.8 Å². The zero-order chi connectivity index (χ0) is 11.8. The van der Waals surface area contributed by atoms with E-state index in [1.807, 2.05) is 13.8 Å². The van der Waals surface area contributed by atoms with E-state index in [9.17, 15) is 0 Å². The molecule has 0 amide bonds. The fourth-order valence-electron chi connectivity index (χ4n) is 1.23. The monoisotopic (exact) mass is 247 g/mol. The lowest BCUT2D eigenvalue weighted by atomic mass is 10.8. The predicted molar refractivity (Wildman–Crippen MR) is 68.9 cm³/mol. The van der Waals surface area contributed by atoms with Crippen LogP contribution in [-0.4, -0.2) is 42.5 Å². The lowest BCUT2D eigenvalue weighted by molar-refractivity contribution is 0.0229. The first-order chi connectivity index (χ1) is 7.02. The Hall–Kier alpha value is 0.314. The fourth-order valence-corrected chi connectivity index (χ4v) is 3.37. The molecule has 0 aromatic heterocycles. The SMILES string of the molecule is CCOC(NC(OCC)[Si](C)C)[Si](C)C. The molecule has 0 saturated carbocycles. The molecule has 0 saturated heterocycles. The van der Waals surface area contributed by atoms with Gasteiger partial charge in [-0.3, -0.25) is 5.32 Å². The van der Waals surface area contributed by atoms with Crippen molar-refractivity contribution in [1.29, 1.82) is 0 Å². The molecule has 0 aromatic carbocycles. The third-order valence-electron chi connectivity index (χ3n) is 2.02. The summed E-state index contributed by atoms with van der Waals surface area (Å²) in [6.07, 6.45) is 0. The molecule has 5 heteroatoms. The third kappa shape index (κ3) is 6.47. The Morgan fingerprint density at radius 1 is 0.867 bits per heavy atom. The van der Waals surface area contributed by atoms with E-state index in [1.54, 1.807) is 0 Å². The van der Waals surface area contributed by atoms with Crippen LogP contribution in [0.1, 0.15) is 13.8 Å². The van der Waals surface area contributed by atoms with Gasteiger partial charge in [-0.1, -0.05) is 26.2 Å². The predicted octanol–water partition coefficient (Wildman–Crippen LogP) is 1.89. The summed E-state index contributed by atoms with van der Waals surface area (Å²) >= 11 is 0. The molecule has 0 rings (SSSR count). The molecule has 0 aliphatic heterocycles. The van der Waals surface area contributed by atoms with Gasteiger partial charge in [-0.15, -0.1) is 0 Å². The van der Waals surface area contributed by atoms with E-state index >= 15 is 0 Å². The average Bonchev–Trinajstić information content (AvgIpc) is 2.15. The number of hydrogen-bond acceptors (Lipinski definition) is 3. The first-order valence-corrected chi connectivity index (χ1v) is 10.8. The zero-order valence-electron chi connectivity index (χ0n) is 10.9.